The number of anilines is 1. The third-order valence-corrected chi connectivity index (χ3v) is 2.35. The molecule has 0 aliphatic heterocycles. The van der Waals surface area contributed by atoms with Crippen molar-refractivity contribution in [2.45, 2.75) is 0 Å². The van der Waals surface area contributed by atoms with Crippen molar-refractivity contribution in [3.63, 3.8) is 0 Å². The van der Waals surface area contributed by atoms with E-state index in [2.05, 4.69) is 21.9 Å². The van der Waals surface area contributed by atoms with Crippen LogP contribution in [0, 0.1) is 12.3 Å². The van der Waals surface area contributed by atoms with Crippen molar-refractivity contribution in [1.29, 1.82) is 0 Å². The van der Waals surface area contributed by atoms with Gasteiger partial charge in [0, 0.05) is 22.8 Å². The second-order valence-electron chi connectivity index (χ2n) is 2.88. The highest BCUT2D eigenvalue weighted by Crippen LogP contribution is 2.22. The maximum Gasteiger partial charge on any atom is 0.152 e. The lowest BCUT2D eigenvalue weighted by Crippen LogP contribution is -2.18. The zero-order valence-corrected chi connectivity index (χ0v) is 9.41. The summed E-state index contributed by atoms with van der Waals surface area (Å²) in [4.78, 5) is 12.6. The molecular formula is C11H10BrNO. The van der Waals surface area contributed by atoms with Gasteiger partial charge in [0.1, 0.15) is 0 Å². The number of terminal acetylenes is 1. The monoisotopic (exact) mass is 251 g/mol. The second kappa shape index (κ2) is 4.83. The lowest BCUT2D eigenvalue weighted by molar-refractivity contribution is 0.112. The molecule has 0 saturated carbocycles. The predicted molar refractivity (Wildman–Crippen MR) is 61.6 cm³/mol. The largest absolute Gasteiger partial charge is 0.363 e. The maximum atomic E-state index is 10.8. The molecular weight excluding hydrogens is 242 g/mol. The Kier molecular flexibility index (Phi) is 3.73. The average molecular weight is 252 g/mol. The summed E-state index contributed by atoms with van der Waals surface area (Å²) in [6, 6.07) is 5.47. The number of benzene rings is 1. The van der Waals surface area contributed by atoms with E-state index in [-0.39, 0.29) is 0 Å². The van der Waals surface area contributed by atoms with Gasteiger partial charge in [-0.3, -0.25) is 4.79 Å². The molecule has 0 spiro atoms. The van der Waals surface area contributed by atoms with E-state index < -0.39 is 0 Å². The van der Waals surface area contributed by atoms with Gasteiger partial charge < -0.3 is 4.90 Å². The van der Waals surface area contributed by atoms with Gasteiger partial charge in [-0.1, -0.05) is 21.9 Å². The Labute approximate surface area is 92.0 Å². The molecule has 0 unspecified atom stereocenters. The standard InChI is InChI=1S/C11H10BrNO/c1-3-6-13(2)11-7-10(12)5-4-9(11)8-14/h1,4-5,7-8H,6H2,2H3. The van der Waals surface area contributed by atoms with E-state index in [0.717, 1.165) is 16.4 Å². The van der Waals surface area contributed by atoms with Gasteiger partial charge in [0.15, 0.2) is 6.29 Å². The Hall–Kier alpha value is -1.27. The molecule has 3 heteroatoms. The number of rotatable bonds is 3. The number of hydrogen-bond donors (Lipinski definition) is 0. The Morgan fingerprint density at radius 1 is 1.64 bits per heavy atom. The summed E-state index contributed by atoms with van der Waals surface area (Å²) < 4.78 is 0.932. The average Bonchev–Trinajstić information content (AvgIpc) is 2.18. The molecule has 0 radical (unpaired) electrons. The van der Waals surface area contributed by atoms with Crippen LogP contribution in [0.1, 0.15) is 10.4 Å². The van der Waals surface area contributed by atoms with Crippen molar-refractivity contribution in [1.82, 2.24) is 0 Å². The van der Waals surface area contributed by atoms with Gasteiger partial charge in [-0.15, -0.1) is 6.42 Å². The smallest absolute Gasteiger partial charge is 0.152 e. The summed E-state index contributed by atoms with van der Waals surface area (Å²) in [5.74, 6) is 2.53. The van der Waals surface area contributed by atoms with E-state index in [4.69, 9.17) is 6.42 Å². The topological polar surface area (TPSA) is 20.3 Å². The van der Waals surface area contributed by atoms with Crippen LogP contribution in [-0.4, -0.2) is 19.9 Å². The zero-order chi connectivity index (χ0) is 10.6. The molecule has 0 aliphatic carbocycles. The molecule has 0 atom stereocenters. The summed E-state index contributed by atoms with van der Waals surface area (Å²) in [6.45, 7) is 0.483. The van der Waals surface area contributed by atoms with Crippen LogP contribution < -0.4 is 4.90 Å². The van der Waals surface area contributed by atoms with E-state index in [9.17, 15) is 4.79 Å². The predicted octanol–water partition coefficient (Wildman–Crippen LogP) is 2.33. The van der Waals surface area contributed by atoms with Gasteiger partial charge in [0.2, 0.25) is 0 Å². The Morgan fingerprint density at radius 3 is 2.93 bits per heavy atom. The molecule has 0 amide bonds. The van der Waals surface area contributed by atoms with E-state index in [1.54, 1.807) is 6.07 Å². The molecule has 72 valence electrons. The molecule has 1 aromatic carbocycles. The molecule has 0 saturated heterocycles. The third-order valence-electron chi connectivity index (χ3n) is 1.86. The highest BCUT2D eigenvalue weighted by molar-refractivity contribution is 9.10. The van der Waals surface area contributed by atoms with Crippen LogP contribution in [0.15, 0.2) is 22.7 Å². The second-order valence-corrected chi connectivity index (χ2v) is 3.80. The molecule has 0 aromatic heterocycles. The number of carbonyl (C=O) groups excluding carboxylic acids is 1. The lowest BCUT2D eigenvalue weighted by Gasteiger charge is -2.18. The highest BCUT2D eigenvalue weighted by atomic mass is 79.9. The van der Waals surface area contributed by atoms with Crippen molar-refractivity contribution < 1.29 is 4.79 Å². The minimum atomic E-state index is 0.483. The Morgan fingerprint density at radius 2 is 2.36 bits per heavy atom. The van der Waals surface area contributed by atoms with Crippen LogP contribution in [0.25, 0.3) is 0 Å². The fourth-order valence-electron chi connectivity index (χ4n) is 1.17. The minimum absolute atomic E-state index is 0.483. The quantitative estimate of drug-likeness (QED) is 0.607. The Balaban J connectivity index is 3.11. The Bertz CT molecular complexity index is 381. The first-order valence-corrected chi connectivity index (χ1v) is 4.87. The van der Waals surface area contributed by atoms with Gasteiger partial charge in [-0.2, -0.15) is 0 Å². The SMILES string of the molecule is C#CCN(C)c1cc(Br)ccc1C=O. The van der Waals surface area contributed by atoms with Gasteiger partial charge in [-0.05, 0) is 18.2 Å². The van der Waals surface area contributed by atoms with Crippen molar-refractivity contribution in [3.8, 4) is 12.3 Å². The molecule has 0 bridgehead atoms. The molecule has 0 N–H and O–H groups in total. The van der Waals surface area contributed by atoms with E-state index >= 15 is 0 Å². The summed E-state index contributed by atoms with van der Waals surface area (Å²) in [5.41, 5.74) is 1.48. The van der Waals surface area contributed by atoms with Gasteiger partial charge >= 0.3 is 0 Å². The summed E-state index contributed by atoms with van der Waals surface area (Å²) in [7, 11) is 1.86. The zero-order valence-electron chi connectivity index (χ0n) is 7.83. The number of carbonyl (C=O) groups is 1. The number of hydrogen-bond acceptors (Lipinski definition) is 2. The number of nitrogens with zero attached hydrogens (tertiary/aromatic N) is 1. The van der Waals surface area contributed by atoms with Crippen LogP contribution in [-0.2, 0) is 0 Å². The van der Waals surface area contributed by atoms with Crippen LogP contribution >= 0.6 is 15.9 Å². The van der Waals surface area contributed by atoms with Crippen LogP contribution in [0.4, 0.5) is 5.69 Å². The van der Waals surface area contributed by atoms with E-state index in [0.29, 0.717) is 12.1 Å². The van der Waals surface area contributed by atoms with Gasteiger partial charge in [0.05, 0.1) is 6.54 Å². The minimum Gasteiger partial charge on any atom is -0.363 e. The maximum absolute atomic E-state index is 10.8. The molecule has 0 aliphatic rings. The number of aldehydes is 1. The van der Waals surface area contributed by atoms with Gasteiger partial charge in [-0.25, -0.2) is 0 Å². The molecule has 0 heterocycles. The van der Waals surface area contributed by atoms with Crippen molar-refractivity contribution in [2.75, 3.05) is 18.5 Å². The highest BCUT2D eigenvalue weighted by Gasteiger charge is 2.06. The van der Waals surface area contributed by atoms with Crippen LogP contribution in [0.3, 0.4) is 0 Å². The molecule has 1 aromatic rings. The molecule has 0 fully saturated rings. The van der Waals surface area contributed by atoms with Crippen molar-refractivity contribution in [2.24, 2.45) is 0 Å². The van der Waals surface area contributed by atoms with Crippen LogP contribution in [0.5, 0.6) is 0 Å². The summed E-state index contributed by atoms with van der Waals surface area (Å²) in [5, 5.41) is 0. The number of halogens is 1. The molecule has 2 nitrogen and oxygen atoms in total. The first kappa shape index (κ1) is 10.8. The summed E-state index contributed by atoms with van der Waals surface area (Å²) >= 11 is 3.35. The fourth-order valence-corrected chi connectivity index (χ4v) is 1.52. The normalized spacial score (nSPS) is 9.21. The molecule has 1 rings (SSSR count). The molecule has 14 heavy (non-hydrogen) atoms. The van der Waals surface area contributed by atoms with Gasteiger partial charge in [0.25, 0.3) is 0 Å². The van der Waals surface area contributed by atoms with Crippen LogP contribution in [0.2, 0.25) is 0 Å². The first-order chi connectivity index (χ1) is 6.69. The third kappa shape index (κ3) is 2.36. The van der Waals surface area contributed by atoms with Crippen molar-refractivity contribution >= 4 is 27.9 Å². The summed E-state index contributed by atoms with van der Waals surface area (Å²) in [6.07, 6.45) is 6.03. The van der Waals surface area contributed by atoms with E-state index in [1.165, 1.54) is 0 Å². The first-order valence-electron chi connectivity index (χ1n) is 4.08. The fraction of sp³-hybridized carbons (Fsp3) is 0.182. The van der Waals surface area contributed by atoms with Crippen molar-refractivity contribution in [3.05, 3.63) is 28.2 Å². The lowest BCUT2D eigenvalue weighted by atomic mass is 10.2. The van der Waals surface area contributed by atoms with E-state index in [1.807, 2.05) is 24.1 Å².